The summed E-state index contributed by atoms with van der Waals surface area (Å²) in [5.74, 6) is -0.101. The number of amides is 2. The number of piperazine rings is 1. The maximum absolute atomic E-state index is 12.9. The molecular formula is C23H28N2O3S. The molecule has 2 aromatic carbocycles. The van der Waals surface area contributed by atoms with Gasteiger partial charge in [0.15, 0.2) is 0 Å². The van der Waals surface area contributed by atoms with E-state index >= 15 is 0 Å². The van der Waals surface area contributed by atoms with Gasteiger partial charge in [-0.2, -0.15) is 0 Å². The number of nitrogens with zero attached hydrogens (tertiary/aromatic N) is 2. The lowest BCUT2D eigenvalue weighted by molar-refractivity contribution is -0.121. The number of para-hydroxylation sites is 1. The van der Waals surface area contributed by atoms with Crippen molar-refractivity contribution in [1.82, 2.24) is 4.90 Å². The summed E-state index contributed by atoms with van der Waals surface area (Å²) in [5.41, 5.74) is 2.75. The summed E-state index contributed by atoms with van der Waals surface area (Å²) in [6.45, 7) is 10.6. The average Bonchev–Trinajstić information content (AvgIpc) is 2.63. The average molecular weight is 413 g/mol. The van der Waals surface area contributed by atoms with Gasteiger partial charge in [-0.3, -0.25) is 9.69 Å². The first-order chi connectivity index (χ1) is 13.6. The maximum Gasteiger partial charge on any atom is 0.410 e. The molecule has 154 valence electrons. The van der Waals surface area contributed by atoms with Crippen LogP contribution in [0, 0.1) is 13.8 Å². The van der Waals surface area contributed by atoms with Gasteiger partial charge in [0, 0.05) is 22.9 Å². The van der Waals surface area contributed by atoms with Crippen LogP contribution in [0.3, 0.4) is 0 Å². The molecule has 29 heavy (non-hydrogen) atoms. The molecule has 0 atom stereocenters. The molecule has 1 aliphatic rings. The number of carbonyl (C=O) groups excluding carboxylic acids is 2. The van der Waals surface area contributed by atoms with Gasteiger partial charge >= 0.3 is 6.09 Å². The molecule has 3 rings (SSSR count). The smallest absolute Gasteiger partial charge is 0.410 e. The Morgan fingerprint density at radius 1 is 1.03 bits per heavy atom. The van der Waals surface area contributed by atoms with Crippen LogP contribution < -0.4 is 4.90 Å². The zero-order valence-corrected chi connectivity index (χ0v) is 18.5. The van der Waals surface area contributed by atoms with E-state index in [4.69, 9.17) is 4.74 Å². The molecule has 1 heterocycles. The standard InChI is InChI=1S/C23H28N2O3S/c1-16-10-11-19(17(2)14-16)29-20-9-7-6-8-18(20)25-13-12-24(15-21(25)26)22(27)28-23(3,4)5/h6-11,14H,12-13,15H2,1-5H3. The molecule has 1 fully saturated rings. The molecule has 2 amide bonds. The maximum atomic E-state index is 12.9. The zero-order chi connectivity index (χ0) is 21.2. The van der Waals surface area contributed by atoms with Crippen LogP contribution >= 0.6 is 11.8 Å². The monoisotopic (exact) mass is 412 g/mol. The van der Waals surface area contributed by atoms with E-state index in [0.717, 1.165) is 10.6 Å². The van der Waals surface area contributed by atoms with Crippen LogP contribution in [0.25, 0.3) is 0 Å². The van der Waals surface area contributed by atoms with Crippen molar-refractivity contribution < 1.29 is 14.3 Å². The number of ether oxygens (including phenoxy) is 1. The number of benzene rings is 2. The van der Waals surface area contributed by atoms with Gasteiger partial charge in [-0.05, 0) is 58.4 Å². The summed E-state index contributed by atoms with van der Waals surface area (Å²) in [4.78, 5) is 30.6. The fourth-order valence-electron chi connectivity index (χ4n) is 3.21. The Balaban J connectivity index is 1.77. The lowest BCUT2D eigenvalue weighted by Gasteiger charge is -2.35. The Bertz CT molecular complexity index is 921. The van der Waals surface area contributed by atoms with E-state index in [-0.39, 0.29) is 12.5 Å². The van der Waals surface area contributed by atoms with E-state index < -0.39 is 11.7 Å². The molecule has 2 aromatic rings. The lowest BCUT2D eigenvalue weighted by Crippen LogP contribution is -2.53. The van der Waals surface area contributed by atoms with Gasteiger partial charge < -0.3 is 9.64 Å². The third-order valence-electron chi connectivity index (χ3n) is 4.58. The Hall–Kier alpha value is -2.47. The molecular weight excluding hydrogens is 384 g/mol. The van der Waals surface area contributed by atoms with Gasteiger partial charge in [-0.25, -0.2) is 4.79 Å². The highest BCUT2D eigenvalue weighted by Crippen LogP contribution is 2.37. The number of aryl methyl sites for hydroxylation is 2. The van der Waals surface area contributed by atoms with Crippen LogP contribution in [0.2, 0.25) is 0 Å². The van der Waals surface area contributed by atoms with E-state index in [1.54, 1.807) is 16.7 Å². The molecule has 0 aliphatic carbocycles. The van der Waals surface area contributed by atoms with E-state index in [1.807, 2.05) is 45.0 Å². The molecule has 0 N–H and O–H groups in total. The van der Waals surface area contributed by atoms with Gasteiger partial charge in [0.2, 0.25) is 5.91 Å². The third-order valence-corrected chi connectivity index (χ3v) is 5.82. The van der Waals surface area contributed by atoms with Crippen molar-refractivity contribution in [3.05, 3.63) is 53.6 Å². The summed E-state index contributed by atoms with van der Waals surface area (Å²) >= 11 is 1.66. The van der Waals surface area contributed by atoms with E-state index in [0.29, 0.717) is 13.1 Å². The summed E-state index contributed by atoms with van der Waals surface area (Å²) < 4.78 is 5.40. The molecule has 0 radical (unpaired) electrons. The Morgan fingerprint density at radius 2 is 1.76 bits per heavy atom. The van der Waals surface area contributed by atoms with E-state index in [1.165, 1.54) is 20.9 Å². The van der Waals surface area contributed by atoms with Crippen molar-refractivity contribution in [3.63, 3.8) is 0 Å². The molecule has 0 spiro atoms. The second kappa shape index (κ2) is 8.49. The SMILES string of the molecule is Cc1ccc(Sc2ccccc2N2CCN(C(=O)OC(C)(C)C)CC2=O)c(C)c1. The quantitative estimate of drug-likeness (QED) is 0.709. The molecule has 1 aliphatic heterocycles. The second-order valence-corrected chi connectivity index (χ2v) is 9.37. The normalized spacial score (nSPS) is 14.9. The number of carbonyl (C=O) groups is 2. The number of hydrogen-bond donors (Lipinski definition) is 0. The van der Waals surface area contributed by atoms with E-state index in [2.05, 4.69) is 32.0 Å². The third kappa shape index (κ3) is 5.32. The fourth-order valence-corrected chi connectivity index (χ4v) is 4.23. The predicted molar refractivity (Wildman–Crippen MR) is 117 cm³/mol. The molecule has 0 bridgehead atoms. The van der Waals surface area contributed by atoms with Crippen molar-refractivity contribution in [1.29, 1.82) is 0 Å². The van der Waals surface area contributed by atoms with Gasteiger partial charge in [0.25, 0.3) is 0 Å². The second-order valence-electron chi connectivity index (χ2n) is 8.29. The van der Waals surface area contributed by atoms with Gasteiger partial charge in [0.05, 0.1) is 5.69 Å². The Morgan fingerprint density at radius 3 is 2.41 bits per heavy atom. The van der Waals surface area contributed by atoms with E-state index in [9.17, 15) is 9.59 Å². The molecule has 0 aromatic heterocycles. The van der Waals surface area contributed by atoms with Crippen LogP contribution in [-0.4, -0.2) is 42.1 Å². The molecule has 0 unspecified atom stereocenters. The van der Waals surface area contributed by atoms with Crippen molar-refractivity contribution in [3.8, 4) is 0 Å². The summed E-state index contributed by atoms with van der Waals surface area (Å²) in [6.07, 6.45) is -0.441. The van der Waals surface area contributed by atoms with Crippen LogP contribution in [0.4, 0.5) is 10.5 Å². The zero-order valence-electron chi connectivity index (χ0n) is 17.7. The van der Waals surface area contributed by atoms with Crippen molar-refractivity contribution >= 4 is 29.4 Å². The number of rotatable bonds is 3. The van der Waals surface area contributed by atoms with Gasteiger partial charge in [-0.1, -0.05) is 41.6 Å². The number of anilines is 1. The van der Waals surface area contributed by atoms with Crippen LogP contribution in [0.1, 0.15) is 31.9 Å². The summed E-state index contributed by atoms with van der Waals surface area (Å²) in [6, 6.07) is 14.3. The van der Waals surface area contributed by atoms with Gasteiger partial charge in [0.1, 0.15) is 12.1 Å². The lowest BCUT2D eigenvalue weighted by atomic mass is 10.2. The van der Waals surface area contributed by atoms with Crippen LogP contribution in [0.15, 0.2) is 52.3 Å². The molecule has 5 nitrogen and oxygen atoms in total. The summed E-state index contributed by atoms with van der Waals surface area (Å²) in [5, 5.41) is 0. The highest BCUT2D eigenvalue weighted by Gasteiger charge is 2.31. The van der Waals surface area contributed by atoms with Crippen molar-refractivity contribution in [2.75, 3.05) is 24.5 Å². The first kappa shape index (κ1) is 21.2. The predicted octanol–water partition coefficient (Wildman–Crippen LogP) is 5.04. The molecule has 0 saturated carbocycles. The number of hydrogen-bond acceptors (Lipinski definition) is 4. The largest absolute Gasteiger partial charge is 0.444 e. The Labute approximate surface area is 177 Å². The topological polar surface area (TPSA) is 49.9 Å². The van der Waals surface area contributed by atoms with Crippen molar-refractivity contribution in [2.24, 2.45) is 0 Å². The van der Waals surface area contributed by atoms with Crippen LogP contribution in [0.5, 0.6) is 0 Å². The first-order valence-corrected chi connectivity index (χ1v) is 10.6. The fraction of sp³-hybridized carbons (Fsp3) is 0.391. The minimum atomic E-state index is -0.577. The highest BCUT2D eigenvalue weighted by atomic mass is 32.2. The first-order valence-electron chi connectivity index (χ1n) is 9.76. The minimum Gasteiger partial charge on any atom is -0.444 e. The minimum absolute atomic E-state index is 0.0253. The highest BCUT2D eigenvalue weighted by molar-refractivity contribution is 7.99. The molecule has 1 saturated heterocycles. The van der Waals surface area contributed by atoms with Gasteiger partial charge in [-0.15, -0.1) is 0 Å². The Kier molecular flexibility index (Phi) is 6.22. The van der Waals surface area contributed by atoms with Crippen molar-refractivity contribution in [2.45, 2.75) is 50.0 Å². The molecule has 6 heteroatoms. The summed E-state index contributed by atoms with van der Waals surface area (Å²) in [7, 11) is 0. The van der Waals surface area contributed by atoms with Crippen LogP contribution in [-0.2, 0) is 9.53 Å².